The first-order valence-corrected chi connectivity index (χ1v) is 5.17. The van der Waals surface area contributed by atoms with Gasteiger partial charge in [-0.1, -0.05) is 13.8 Å². The van der Waals surface area contributed by atoms with Gasteiger partial charge in [0.1, 0.15) is 0 Å². The Labute approximate surface area is 99.6 Å². The predicted molar refractivity (Wildman–Crippen MR) is 59.6 cm³/mol. The molecule has 1 N–H and O–H groups in total. The van der Waals surface area contributed by atoms with Gasteiger partial charge in [0, 0.05) is 5.92 Å². The fourth-order valence-electron chi connectivity index (χ4n) is 1.01. The lowest BCUT2D eigenvalue weighted by atomic mass is 10.2. The molecular weight excluding hydrogens is 224 g/mol. The van der Waals surface area contributed by atoms with Crippen LogP contribution in [0.25, 0.3) is 0 Å². The second-order valence-corrected chi connectivity index (χ2v) is 3.60. The number of rotatable bonds is 5. The Morgan fingerprint density at radius 1 is 1.18 bits per heavy atom. The van der Waals surface area contributed by atoms with E-state index in [0.29, 0.717) is 5.82 Å². The van der Waals surface area contributed by atoms with Gasteiger partial charge >= 0.3 is 12.0 Å². The van der Waals surface area contributed by atoms with Crippen molar-refractivity contribution in [1.29, 1.82) is 0 Å². The minimum Gasteiger partial charge on any atom is -0.467 e. The van der Waals surface area contributed by atoms with Gasteiger partial charge in [0.15, 0.2) is 5.82 Å². The summed E-state index contributed by atoms with van der Waals surface area (Å²) in [5.41, 5.74) is 0. The Hall–Kier alpha value is -1.92. The van der Waals surface area contributed by atoms with E-state index >= 15 is 0 Å². The van der Waals surface area contributed by atoms with Crippen LogP contribution >= 0.6 is 0 Å². The predicted octanol–water partition coefficient (Wildman–Crippen LogP) is 0.161. The topological polar surface area (TPSA) is 86.2 Å². The average molecular weight is 240 g/mol. The maximum Gasteiger partial charge on any atom is 0.322 e. The Kier molecular flexibility index (Phi) is 4.62. The third-order valence-corrected chi connectivity index (χ3v) is 1.95. The summed E-state index contributed by atoms with van der Waals surface area (Å²) >= 11 is 0. The second-order valence-electron chi connectivity index (χ2n) is 3.60. The molecule has 0 atom stereocenters. The molecule has 94 valence electrons. The molecule has 7 heteroatoms. The lowest BCUT2D eigenvalue weighted by molar-refractivity contribution is -0.124. The standard InChI is InChI=1S/C10H16N4O3/c1-6(2)8(15)11-5-7-12-9(16-3)14-10(13-7)17-4/h6H,5H2,1-4H3,(H,11,15). The fraction of sp³-hybridized carbons (Fsp3) is 0.600. The number of aromatic nitrogens is 3. The summed E-state index contributed by atoms with van der Waals surface area (Å²) in [5.74, 6) is 0.242. The number of hydrogen-bond donors (Lipinski definition) is 1. The van der Waals surface area contributed by atoms with Crippen molar-refractivity contribution in [2.45, 2.75) is 20.4 Å². The van der Waals surface area contributed by atoms with E-state index in [9.17, 15) is 4.79 Å². The van der Waals surface area contributed by atoms with Crippen LogP contribution in [0.1, 0.15) is 19.7 Å². The maximum absolute atomic E-state index is 11.4. The average Bonchev–Trinajstić information content (AvgIpc) is 2.35. The first-order valence-electron chi connectivity index (χ1n) is 5.17. The van der Waals surface area contributed by atoms with Gasteiger partial charge in [-0.05, 0) is 0 Å². The summed E-state index contributed by atoms with van der Waals surface area (Å²) < 4.78 is 9.79. The Balaban J connectivity index is 2.73. The molecule has 0 bridgehead atoms. The van der Waals surface area contributed by atoms with Gasteiger partial charge in [-0.2, -0.15) is 9.97 Å². The molecule has 0 aliphatic rings. The van der Waals surface area contributed by atoms with Crippen LogP contribution in [0.4, 0.5) is 0 Å². The molecule has 0 saturated heterocycles. The normalized spacial score (nSPS) is 10.2. The molecule has 1 aromatic rings. The van der Waals surface area contributed by atoms with E-state index in [1.807, 2.05) is 13.8 Å². The van der Waals surface area contributed by atoms with Crippen LogP contribution < -0.4 is 14.8 Å². The quantitative estimate of drug-likeness (QED) is 0.789. The minimum absolute atomic E-state index is 0.0663. The van der Waals surface area contributed by atoms with E-state index in [0.717, 1.165) is 0 Å². The molecule has 17 heavy (non-hydrogen) atoms. The van der Waals surface area contributed by atoms with Crippen molar-refractivity contribution >= 4 is 5.91 Å². The highest BCUT2D eigenvalue weighted by molar-refractivity contribution is 5.77. The Morgan fingerprint density at radius 2 is 1.71 bits per heavy atom. The smallest absolute Gasteiger partial charge is 0.322 e. The third-order valence-electron chi connectivity index (χ3n) is 1.95. The van der Waals surface area contributed by atoms with Crippen LogP contribution in [0.2, 0.25) is 0 Å². The Bertz CT molecular complexity index is 373. The van der Waals surface area contributed by atoms with Gasteiger partial charge in [0.05, 0.1) is 20.8 Å². The Morgan fingerprint density at radius 3 is 2.12 bits per heavy atom. The van der Waals surface area contributed by atoms with Crippen molar-refractivity contribution in [2.24, 2.45) is 5.92 Å². The molecule has 0 fully saturated rings. The molecule has 0 aliphatic heterocycles. The number of hydrogen-bond acceptors (Lipinski definition) is 6. The van der Waals surface area contributed by atoms with Crippen LogP contribution in [0.3, 0.4) is 0 Å². The summed E-state index contributed by atoms with van der Waals surface area (Å²) in [5, 5.41) is 2.70. The van der Waals surface area contributed by atoms with Crippen LogP contribution in [0, 0.1) is 5.92 Å². The molecule has 0 aliphatic carbocycles. The van der Waals surface area contributed by atoms with Crippen LogP contribution in [-0.4, -0.2) is 35.1 Å². The highest BCUT2D eigenvalue weighted by Crippen LogP contribution is 2.08. The number of ether oxygens (including phenoxy) is 2. The molecule has 1 amide bonds. The summed E-state index contributed by atoms with van der Waals surface area (Å²) in [7, 11) is 2.90. The largest absolute Gasteiger partial charge is 0.467 e. The summed E-state index contributed by atoms with van der Waals surface area (Å²) in [6, 6.07) is 0.316. The van der Waals surface area contributed by atoms with Crippen molar-refractivity contribution < 1.29 is 14.3 Å². The van der Waals surface area contributed by atoms with E-state index in [-0.39, 0.29) is 30.4 Å². The lowest BCUT2D eigenvalue weighted by Gasteiger charge is -2.08. The number of carbonyl (C=O) groups is 1. The SMILES string of the molecule is COc1nc(CNC(=O)C(C)C)nc(OC)n1. The third kappa shape index (κ3) is 3.86. The summed E-state index contributed by atoms with van der Waals surface area (Å²) in [6.45, 7) is 3.83. The van der Waals surface area contributed by atoms with Crippen molar-refractivity contribution in [2.75, 3.05) is 14.2 Å². The van der Waals surface area contributed by atoms with Gasteiger partial charge < -0.3 is 14.8 Å². The van der Waals surface area contributed by atoms with E-state index in [1.54, 1.807) is 0 Å². The van der Waals surface area contributed by atoms with E-state index in [4.69, 9.17) is 9.47 Å². The highest BCUT2D eigenvalue weighted by Gasteiger charge is 2.10. The van der Waals surface area contributed by atoms with Crippen molar-refractivity contribution in [3.63, 3.8) is 0 Å². The second kappa shape index (κ2) is 5.97. The molecule has 0 radical (unpaired) electrons. The molecule has 1 heterocycles. The van der Waals surface area contributed by atoms with E-state index in [2.05, 4.69) is 20.3 Å². The zero-order valence-electron chi connectivity index (χ0n) is 10.4. The van der Waals surface area contributed by atoms with Crippen LogP contribution in [-0.2, 0) is 11.3 Å². The molecule has 1 aromatic heterocycles. The molecule has 0 aromatic carbocycles. The fourth-order valence-corrected chi connectivity index (χ4v) is 1.01. The van der Waals surface area contributed by atoms with Gasteiger partial charge in [-0.3, -0.25) is 4.79 Å². The minimum atomic E-state index is -0.0828. The van der Waals surface area contributed by atoms with Crippen LogP contribution in [0.5, 0.6) is 12.0 Å². The number of amides is 1. The monoisotopic (exact) mass is 240 g/mol. The van der Waals surface area contributed by atoms with Crippen molar-refractivity contribution in [1.82, 2.24) is 20.3 Å². The lowest BCUT2D eigenvalue weighted by Crippen LogP contribution is -2.28. The highest BCUT2D eigenvalue weighted by atomic mass is 16.5. The van der Waals surface area contributed by atoms with Gasteiger partial charge in [-0.25, -0.2) is 0 Å². The summed E-state index contributed by atoms with van der Waals surface area (Å²) in [4.78, 5) is 23.2. The maximum atomic E-state index is 11.4. The first-order chi connectivity index (χ1) is 8.06. The van der Waals surface area contributed by atoms with Gasteiger partial charge in [0.25, 0.3) is 0 Å². The van der Waals surface area contributed by atoms with Gasteiger partial charge in [-0.15, -0.1) is 4.98 Å². The summed E-state index contributed by atoms with van der Waals surface area (Å²) in [6.07, 6.45) is 0. The molecule has 1 rings (SSSR count). The molecule has 0 unspecified atom stereocenters. The zero-order valence-corrected chi connectivity index (χ0v) is 10.4. The number of nitrogens with zero attached hydrogens (tertiary/aromatic N) is 3. The zero-order chi connectivity index (χ0) is 12.8. The molecule has 0 spiro atoms. The molecular formula is C10H16N4O3. The van der Waals surface area contributed by atoms with E-state index < -0.39 is 0 Å². The number of carbonyl (C=O) groups excluding carboxylic acids is 1. The van der Waals surface area contributed by atoms with Crippen LogP contribution in [0.15, 0.2) is 0 Å². The van der Waals surface area contributed by atoms with Gasteiger partial charge in [0.2, 0.25) is 5.91 Å². The molecule has 7 nitrogen and oxygen atoms in total. The molecule has 0 saturated carbocycles. The number of nitrogens with one attached hydrogen (secondary N) is 1. The van der Waals surface area contributed by atoms with E-state index in [1.165, 1.54) is 14.2 Å². The van der Waals surface area contributed by atoms with Crippen molar-refractivity contribution in [3.05, 3.63) is 5.82 Å². The number of methoxy groups -OCH3 is 2. The first kappa shape index (κ1) is 13.1. The van der Waals surface area contributed by atoms with Crippen molar-refractivity contribution in [3.8, 4) is 12.0 Å².